The molecule has 1 fully saturated rings. The minimum atomic E-state index is -0.129. The number of hydrogen-bond donors (Lipinski definition) is 2. The molecule has 0 spiro atoms. The van der Waals surface area contributed by atoms with E-state index in [4.69, 9.17) is 9.47 Å². The summed E-state index contributed by atoms with van der Waals surface area (Å²) in [5.41, 5.74) is 4.23. The highest BCUT2D eigenvalue weighted by molar-refractivity contribution is 6.13. The van der Waals surface area contributed by atoms with E-state index in [1.165, 1.54) is 0 Å². The number of aromatic nitrogens is 1. The highest BCUT2D eigenvalue weighted by Crippen LogP contribution is 2.40. The molecule has 9 nitrogen and oxygen atoms in total. The average molecular weight is 502 g/mol. The summed E-state index contributed by atoms with van der Waals surface area (Å²) in [6.45, 7) is 3.68. The summed E-state index contributed by atoms with van der Waals surface area (Å²) < 4.78 is 11.2. The minimum Gasteiger partial charge on any atom is -0.492 e. The highest BCUT2D eigenvalue weighted by atomic mass is 16.5. The fourth-order valence-electron chi connectivity index (χ4n) is 4.69. The summed E-state index contributed by atoms with van der Waals surface area (Å²) in [7, 11) is 3.69. The van der Waals surface area contributed by atoms with Gasteiger partial charge in [-0.25, -0.2) is 4.98 Å². The van der Waals surface area contributed by atoms with Crippen LogP contribution in [0.2, 0.25) is 0 Å². The van der Waals surface area contributed by atoms with Crippen LogP contribution >= 0.6 is 0 Å². The minimum absolute atomic E-state index is 0.0861. The third-order valence-electron chi connectivity index (χ3n) is 6.75. The van der Waals surface area contributed by atoms with Crippen molar-refractivity contribution in [3.8, 4) is 5.75 Å². The average Bonchev–Trinajstić information content (AvgIpc) is 3.00. The van der Waals surface area contributed by atoms with Gasteiger partial charge < -0.3 is 29.9 Å². The summed E-state index contributed by atoms with van der Waals surface area (Å²) in [4.78, 5) is 34.1. The number of nitrogens with one attached hydrogen (secondary N) is 2. The van der Waals surface area contributed by atoms with Crippen LogP contribution in [-0.2, 0) is 4.74 Å². The standard InChI is InChI=1S/C28H31N5O4/c1-4-37-25-15-18(27(34)30-19-11-13-36-14-12-19)9-10-21(25)31-26-16-23-24(17-29-26)33(3)28(35)20-7-5-6-8-22(20)32(23)2/h5-10,15-17,19H,4,11-14H2,1-3H3,(H,29,31)(H,30,34). The number of fused-ring (bicyclic) bond motifs is 2. The number of para-hydroxylation sites is 1. The van der Waals surface area contributed by atoms with E-state index in [0.717, 1.165) is 24.2 Å². The zero-order valence-corrected chi connectivity index (χ0v) is 21.3. The first kappa shape index (κ1) is 24.6. The number of ether oxygens (including phenoxy) is 2. The maximum atomic E-state index is 13.1. The van der Waals surface area contributed by atoms with Gasteiger partial charge in [0.2, 0.25) is 0 Å². The fourth-order valence-corrected chi connectivity index (χ4v) is 4.69. The Balaban J connectivity index is 1.42. The van der Waals surface area contributed by atoms with Gasteiger partial charge in [-0.2, -0.15) is 0 Å². The molecule has 3 heterocycles. The first-order chi connectivity index (χ1) is 18.0. The Morgan fingerprint density at radius 1 is 1.05 bits per heavy atom. The number of hydrogen-bond acceptors (Lipinski definition) is 7. The summed E-state index contributed by atoms with van der Waals surface area (Å²) in [5, 5.41) is 6.42. The van der Waals surface area contributed by atoms with Crippen LogP contribution in [0.5, 0.6) is 5.75 Å². The molecule has 9 heteroatoms. The Morgan fingerprint density at radius 3 is 2.62 bits per heavy atom. The largest absolute Gasteiger partial charge is 0.492 e. The van der Waals surface area contributed by atoms with Crippen molar-refractivity contribution in [1.82, 2.24) is 10.3 Å². The molecule has 2 N–H and O–H groups in total. The van der Waals surface area contributed by atoms with Crippen LogP contribution in [0.1, 0.15) is 40.5 Å². The Morgan fingerprint density at radius 2 is 1.84 bits per heavy atom. The Labute approximate surface area is 216 Å². The lowest BCUT2D eigenvalue weighted by atomic mass is 10.1. The van der Waals surface area contributed by atoms with Gasteiger partial charge in [0, 0.05) is 45.0 Å². The number of benzene rings is 2. The van der Waals surface area contributed by atoms with Gasteiger partial charge in [-0.3, -0.25) is 9.59 Å². The van der Waals surface area contributed by atoms with Crippen LogP contribution in [0, 0.1) is 0 Å². The van der Waals surface area contributed by atoms with Crippen LogP contribution < -0.4 is 25.2 Å². The molecule has 192 valence electrons. The second-order valence-electron chi connectivity index (χ2n) is 9.13. The summed E-state index contributed by atoms with van der Waals surface area (Å²) in [6.07, 6.45) is 3.31. The molecule has 0 unspecified atom stereocenters. The van der Waals surface area contributed by atoms with Crippen molar-refractivity contribution in [2.24, 2.45) is 0 Å². The molecule has 3 aromatic rings. The van der Waals surface area contributed by atoms with Crippen molar-refractivity contribution < 1.29 is 19.1 Å². The van der Waals surface area contributed by atoms with E-state index in [2.05, 4.69) is 15.6 Å². The molecule has 2 amide bonds. The number of nitrogens with zero attached hydrogens (tertiary/aromatic N) is 3. The zero-order chi connectivity index (χ0) is 25.9. The highest BCUT2D eigenvalue weighted by Gasteiger charge is 2.28. The van der Waals surface area contributed by atoms with Crippen molar-refractivity contribution in [3.05, 3.63) is 65.9 Å². The maximum Gasteiger partial charge on any atom is 0.260 e. The van der Waals surface area contributed by atoms with Crippen LogP contribution in [-0.4, -0.2) is 56.8 Å². The quantitative estimate of drug-likeness (QED) is 0.514. The Bertz CT molecular complexity index is 1320. The molecule has 2 aliphatic rings. The summed E-state index contributed by atoms with van der Waals surface area (Å²) in [6, 6.07) is 14.9. The van der Waals surface area contributed by atoms with Gasteiger partial charge in [0.15, 0.2) is 0 Å². The number of carbonyl (C=O) groups is 2. The van der Waals surface area contributed by atoms with E-state index >= 15 is 0 Å². The van der Waals surface area contributed by atoms with Gasteiger partial charge in [0.25, 0.3) is 11.8 Å². The van der Waals surface area contributed by atoms with E-state index in [-0.39, 0.29) is 17.9 Å². The molecule has 1 aromatic heterocycles. The van der Waals surface area contributed by atoms with Crippen LogP contribution in [0.3, 0.4) is 0 Å². The van der Waals surface area contributed by atoms with Crippen LogP contribution in [0.4, 0.5) is 28.6 Å². The Hall–Kier alpha value is -4.11. The van der Waals surface area contributed by atoms with Crippen LogP contribution in [0.25, 0.3) is 0 Å². The molecule has 5 rings (SSSR count). The van der Waals surface area contributed by atoms with Gasteiger partial charge in [0.05, 0.1) is 41.1 Å². The van der Waals surface area contributed by atoms with Gasteiger partial charge in [-0.05, 0) is 50.1 Å². The predicted molar refractivity (Wildman–Crippen MR) is 144 cm³/mol. The molecule has 0 radical (unpaired) electrons. The second kappa shape index (κ2) is 10.5. The van der Waals surface area contributed by atoms with Crippen LogP contribution in [0.15, 0.2) is 54.7 Å². The molecule has 1 saturated heterocycles. The lowest BCUT2D eigenvalue weighted by Gasteiger charge is -2.23. The predicted octanol–water partition coefficient (Wildman–Crippen LogP) is 4.49. The third-order valence-corrected chi connectivity index (χ3v) is 6.75. The molecule has 37 heavy (non-hydrogen) atoms. The lowest BCUT2D eigenvalue weighted by Crippen LogP contribution is -2.38. The fraction of sp³-hybridized carbons (Fsp3) is 0.321. The van der Waals surface area contributed by atoms with Crippen molar-refractivity contribution in [2.75, 3.05) is 49.0 Å². The smallest absolute Gasteiger partial charge is 0.260 e. The van der Waals surface area contributed by atoms with Gasteiger partial charge in [0.1, 0.15) is 11.6 Å². The molecule has 0 saturated carbocycles. The van der Waals surface area contributed by atoms with Gasteiger partial charge in [-0.15, -0.1) is 0 Å². The number of amides is 2. The zero-order valence-electron chi connectivity index (χ0n) is 21.3. The lowest BCUT2D eigenvalue weighted by molar-refractivity contribution is 0.0696. The van der Waals surface area contributed by atoms with Gasteiger partial charge in [-0.1, -0.05) is 12.1 Å². The summed E-state index contributed by atoms with van der Waals surface area (Å²) >= 11 is 0. The molecule has 0 aliphatic carbocycles. The first-order valence-electron chi connectivity index (χ1n) is 12.5. The third kappa shape index (κ3) is 4.95. The number of anilines is 5. The van der Waals surface area contributed by atoms with E-state index < -0.39 is 0 Å². The molecule has 2 aromatic carbocycles. The SMILES string of the molecule is CCOc1cc(C(=O)NC2CCOCC2)ccc1Nc1cc2c(cn1)N(C)C(=O)c1ccccc1N2C. The topological polar surface area (TPSA) is 96.0 Å². The van der Waals surface area contributed by atoms with Crippen molar-refractivity contribution in [3.63, 3.8) is 0 Å². The van der Waals surface area contributed by atoms with E-state index in [0.29, 0.717) is 53.9 Å². The summed E-state index contributed by atoms with van der Waals surface area (Å²) in [5.74, 6) is 0.934. The Kier molecular flexibility index (Phi) is 6.96. The van der Waals surface area contributed by atoms with E-state index in [1.807, 2.05) is 55.3 Å². The van der Waals surface area contributed by atoms with E-state index in [9.17, 15) is 9.59 Å². The normalized spacial score (nSPS) is 15.5. The second-order valence-corrected chi connectivity index (χ2v) is 9.13. The van der Waals surface area contributed by atoms with E-state index in [1.54, 1.807) is 30.3 Å². The number of carbonyl (C=O) groups excluding carboxylic acids is 2. The van der Waals surface area contributed by atoms with Gasteiger partial charge >= 0.3 is 0 Å². The molecule has 2 aliphatic heterocycles. The number of rotatable bonds is 6. The molecule has 0 bridgehead atoms. The number of pyridine rings is 1. The van der Waals surface area contributed by atoms with Crippen molar-refractivity contribution in [2.45, 2.75) is 25.8 Å². The van der Waals surface area contributed by atoms with Crippen molar-refractivity contribution >= 4 is 40.4 Å². The first-order valence-corrected chi connectivity index (χ1v) is 12.5. The maximum absolute atomic E-state index is 13.1. The monoisotopic (exact) mass is 501 g/mol. The molecular weight excluding hydrogens is 470 g/mol. The molecule has 0 atom stereocenters. The molecular formula is C28H31N5O4. The van der Waals surface area contributed by atoms with Crippen molar-refractivity contribution in [1.29, 1.82) is 0 Å².